The highest BCUT2D eigenvalue weighted by molar-refractivity contribution is 5.62. The Kier molecular flexibility index (Phi) is 4.98. The van der Waals surface area contributed by atoms with Crippen molar-refractivity contribution < 1.29 is 17.9 Å². The van der Waals surface area contributed by atoms with E-state index < -0.39 is 11.7 Å². The van der Waals surface area contributed by atoms with E-state index in [1.54, 1.807) is 6.21 Å². The molecule has 1 aromatic heterocycles. The van der Waals surface area contributed by atoms with Gasteiger partial charge in [-0.25, -0.2) is 0 Å². The van der Waals surface area contributed by atoms with Gasteiger partial charge in [0.05, 0.1) is 12.7 Å². The summed E-state index contributed by atoms with van der Waals surface area (Å²) < 4.78 is 43.0. The second-order valence-electron chi connectivity index (χ2n) is 4.39. The van der Waals surface area contributed by atoms with E-state index in [2.05, 4.69) is 15.5 Å². The molecule has 7 heteroatoms. The van der Waals surface area contributed by atoms with Crippen LogP contribution in [0.25, 0.3) is 0 Å². The number of hydrazone groups is 1. The topological polar surface area (TPSA) is 46.5 Å². The highest BCUT2D eigenvalue weighted by atomic mass is 19.4. The molecule has 4 nitrogen and oxygen atoms in total. The summed E-state index contributed by atoms with van der Waals surface area (Å²) in [6.45, 7) is 0. The smallest absolute Gasteiger partial charge is 0.416 e. The van der Waals surface area contributed by atoms with Crippen LogP contribution in [0.4, 0.5) is 19.0 Å². The van der Waals surface area contributed by atoms with Crippen LogP contribution < -0.4 is 10.2 Å². The lowest BCUT2D eigenvalue weighted by Crippen LogP contribution is -2.07. The molecule has 1 heterocycles. The number of pyridine rings is 1. The molecule has 0 saturated heterocycles. The lowest BCUT2D eigenvalue weighted by Gasteiger charge is -2.10. The molecule has 0 atom stereocenters. The third kappa shape index (κ3) is 4.47. The maximum atomic E-state index is 12.7. The summed E-state index contributed by atoms with van der Waals surface area (Å²) in [5, 5.41) is 3.88. The minimum atomic E-state index is -4.47. The van der Waals surface area contributed by atoms with E-state index in [9.17, 15) is 13.2 Å². The normalized spacial score (nSPS) is 11.6. The van der Waals surface area contributed by atoms with Gasteiger partial charge in [-0.3, -0.25) is 5.43 Å². The summed E-state index contributed by atoms with van der Waals surface area (Å²) in [4.78, 5) is 3.86. The monoisotopic (exact) mass is 309 g/mol. The number of nitrogens with one attached hydrogen (secondary N) is 1. The van der Waals surface area contributed by atoms with E-state index >= 15 is 0 Å². The molecule has 0 radical (unpaired) electrons. The van der Waals surface area contributed by atoms with Gasteiger partial charge in [-0.2, -0.15) is 23.3 Å². The molecular weight excluding hydrogens is 295 g/mol. The second-order valence-corrected chi connectivity index (χ2v) is 4.39. The fourth-order valence-corrected chi connectivity index (χ4v) is 1.71. The fraction of sp³-hybridized carbons (Fsp3) is 0.200. The number of halogens is 3. The molecule has 0 saturated carbocycles. The first-order chi connectivity index (χ1) is 10.5. The molecule has 2 rings (SSSR count). The largest absolute Gasteiger partial charge is 0.481 e. The second kappa shape index (κ2) is 6.93. The SMILES string of the molecule is COc1cc(C(F)(F)F)cc(N/N=C/Cc2ccccc2)n1. The maximum absolute atomic E-state index is 12.7. The van der Waals surface area contributed by atoms with Crippen molar-refractivity contribution in [3.63, 3.8) is 0 Å². The number of rotatable bonds is 5. The Labute approximate surface area is 125 Å². The van der Waals surface area contributed by atoms with E-state index in [4.69, 9.17) is 4.74 Å². The lowest BCUT2D eigenvalue weighted by molar-refractivity contribution is -0.137. The molecule has 0 bridgehead atoms. The van der Waals surface area contributed by atoms with Gasteiger partial charge in [0.25, 0.3) is 0 Å². The summed E-state index contributed by atoms with van der Waals surface area (Å²) in [5.41, 5.74) is 2.68. The van der Waals surface area contributed by atoms with Crippen LogP contribution in [0.5, 0.6) is 5.88 Å². The Morgan fingerprint density at radius 1 is 1.23 bits per heavy atom. The van der Waals surface area contributed by atoms with Crippen molar-refractivity contribution in [2.24, 2.45) is 5.10 Å². The van der Waals surface area contributed by atoms with Crippen molar-refractivity contribution >= 4 is 12.0 Å². The van der Waals surface area contributed by atoms with Crippen molar-refractivity contribution in [3.8, 4) is 5.88 Å². The number of hydrogen-bond acceptors (Lipinski definition) is 4. The third-order valence-electron chi connectivity index (χ3n) is 2.78. The predicted molar refractivity (Wildman–Crippen MR) is 78.1 cm³/mol. The molecule has 2 aromatic rings. The first kappa shape index (κ1) is 15.8. The van der Waals surface area contributed by atoms with Gasteiger partial charge in [-0.05, 0) is 11.6 Å². The predicted octanol–water partition coefficient (Wildman–Crippen LogP) is 3.75. The average molecular weight is 309 g/mol. The summed E-state index contributed by atoms with van der Waals surface area (Å²) in [5.74, 6) is -0.161. The summed E-state index contributed by atoms with van der Waals surface area (Å²) in [7, 11) is 1.25. The number of aromatic nitrogens is 1. The Balaban J connectivity index is 2.06. The molecule has 0 aliphatic rings. The fourth-order valence-electron chi connectivity index (χ4n) is 1.71. The summed E-state index contributed by atoms with van der Waals surface area (Å²) >= 11 is 0. The van der Waals surface area contributed by atoms with Crippen molar-refractivity contribution in [1.29, 1.82) is 0 Å². The number of benzene rings is 1. The number of hydrogen-bond donors (Lipinski definition) is 1. The zero-order valence-corrected chi connectivity index (χ0v) is 11.8. The van der Waals surface area contributed by atoms with Crippen molar-refractivity contribution in [2.45, 2.75) is 12.6 Å². The number of alkyl halides is 3. The lowest BCUT2D eigenvalue weighted by atomic mass is 10.2. The minimum Gasteiger partial charge on any atom is -0.481 e. The Morgan fingerprint density at radius 2 is 1.95 bits per heavy atom. The number of anilines is 1. The molecule has 1 aromatic carbocycles. The Hall–Kier alpha value is -2.57. The molecule has 1 N–H and O–H groups in total. The van der Waals surface area contributed by atoms with Crippen LogP contribution in [0.1, 0.15) is 11.1 Å². The Bertz CT molecular complexity index is 642. The van der Waals surface area contributed by atoms with E-state index in [0.29, 0.717) is 6.42 Å². The van der Waals surface area contributed by atoms with Crippen molar-refractivity contribution in [3.05, 3.63) is 53.6 Å². The average Bonchev–Trinajstić information content (AvgIpc) is 2.51. The van der Waals surface area contributed by atoms with Crippen LogP contribution in [0, 0.1) is 0 Å². The number of ether oxygens (including phenoxy) is 1. The van der Waals surface area contributed by atoms with E-state index in [-0.39, 0.29) is 11.7 Å². The van der Waals surface area contributed by atoms with Gasteiger partial charge >= 0.3 is 6.18 Å². The van der Waals surface area contributed by atoms with E-state index in [0.717, 1.165) is 17.7 Å². The summed E-state index contributed by atoms with van der Waals surface area (Å²) in [6, 6.07) is 11.3. The van der Waals surface area contributed by atoms with E-state index in [1.165, 1.54) is 7.11 Å². The summed E-state index contributed by atoms with van der Waals surface area (Å²) in [6.07, 6.45) is -2.35. The van der Waals surface area contributed by atoms with Crippen LogP contribution in [0.3, 0.4) is 0 Å². The van der Waals surface area contributed by atoms with Gasteiger partial charge in [0, 0.05) is 18.7 Å². The van der Waals surface area contributed by atoms with Crippen LogP contribution in [0.15, 0.2) is 47.6 Å². The highest BCUT2D eigenvalue weighted by Crippen LogP contribution is 2.32. The molecule has 0 aliphatic carbocycles. The first-order valence-corrected chi connectivity index (χ1v) is 6.44. The van der Waals surface area contributed by atoms with Crippen LogP contribution in [-0.2, 0) is 12.6 Å². The third-order valence-corrected chi connectivity index (χ3v) is 2.78. The van der Waals surface area contributed by atoms with Crippen LogP contribution in [-0.4, -0.2) is 18.3 Å². The van der Waals surface area contributed by atoms with Gasteiger partial charge in [-0.1, -0.05) is 30.3 Å². The molecule has 0 fully saturated rings. The zero-order chi connectivity index (χ0) is 16.0. The molecule has 116 valence electrons. The van der Waals surface area contributed by atoms with Gasteiger partial charge in [0.15, 0.2) is 5.82 Å². The molecule has 0 amide bonds. The van der Waals surface area contributed by atoms with Crippen LogP contribution in [0.2, 0.25) is 0 Å². The van der Waals surface area contributed by atoms with Gasteiger partial charge in [-0.15, -0.1) is 0 Å². The van der Waals surface area contributed by atoms with Gasteiger partial charge < -0.3 is 4.74 Å². The maximum Gasteiger partial charge on any atom is 0.416 e. The van der Waals surface area contributed by atoms with Crippen LogP contribution >= 0.6 is 0 Å². The number of nitrogens with zero attached hydrogens (tertiary/aromatic N) is 2. The minimum absolute atomic E-state index is 0.0315. The van der Waals surface area contributed by atoms with Gasteiger partial charge in [0.1, 0.15) is 0 Å². The molecular formula is C15H14F3N3O. The standard InChI is InChI=1S/C15H14F3N3O/c1-22-14-10-12(15(16,17)18)9-13(20-14)21-19-8-7-11-5-3-2-4-6-11/h2-6,8-10H,7H2,1H3,(H,20,21)/b19-8+. The molecule has 22 heavy (non-hydrogen) atoms. The highest BCUT2D eigenvalue weighted by Gasteiger charge is 2.31. The molecule has 0 spiro atoms. The first-order valence-electron chi connectivity index (χ1n) is 6.44. The van der Waals surface area contributed by atoms with Gasteiger partial charge in [0.2, 0.25) is 5.88 Å². The Morgan fingerprint density at radius 3 is 2.59 bits per heavy atom. The zero-order valence-electron chi connectivity index (χ0n) is 11.8. The van der Waals surface area contributed by atoms with Crippen molar-refractivity contribution in [1.82, 2.24) is 4.98 Å². The van der Waals surface area contributed by atoms with E-state index in [1.807, 2.05) is 30.3 Å². The molecule has 0 aliphatic heterocycles. The van der Waals surface area contributed by atoms with Crippen molar-refractivity contribution in [2.75, 3.05) is 12.5 Å². The quantitative estimate of drug-likeness (QED) is 0.676. The molecule has 0 unspecified atom stereocenters. The number of methoxy groups -OCH3 is 1.